The molecule has 138 valence electrons. The molecular formula is C21H26FN3O. The Labute approximate surface area is 154 Å². The van der Waals surface area contributed by atoms with Crippen molar-refractivity contribution in [2.24, 2.45) is 0 Å². The summed E-state index contributed by atoms with van der Waals surface area (Å²) in [5.74, 6) is -0.131. The van der Waals surface area contributed by atoms with Crippen molar-refractivity contribution in [1.82, 2.24) is 9.80 Å². The second-order valence-corrected chi connectivity index (χ2v) is 6.76. The van der Waals surface area contributed by atoms with Crippen molar-refractivity contribution in [3.05, 3.63) is 66.0 Å². The predicted octanol–water partition coefficient (Wildman–Crippen LogP) is 3.36. The first-order chi connectivity index (χ1) is 12.7. The van der Waals surface area contributed by atoms with Crippen molar-refractivity contribution in [3.63, 3.8) is 0 Å². The van der Waals surface area contributed by atoms with Gasteiger partial charge in [-0.25, -0.2) is 4.39 Å². The van der Waals surface area contributed by atoms with Crippen molar-refractivity contribution in [2.75, 3.05) is 38.0 Å². The third-order valence-corrected chi connectivity index (χ3v) is 4.71. The van der Waals surface area contributed by atoms with E-state index in [2.05, 4.69) is 15.1 Å². The Morgan fingerprint density at radius 1 is 0.923 bits per heavy atom. The van der Waals surface area contributed by atoms with Gasteiger partial charge >= 0.3 is 0 Å². The highest BCUT2D eigenvalue weighted by Crippen LogP contribution is 2.11. The van der Waals surface area contributed by atoms with Gasteiger partial charge in [0.1, 0.15) is 5.82 Å². The number of halogens is 1. The Morgan fingerprint density at radius 3 is 2.38 bits per heavy atom. The van der Waals surface area contributed by atoms with Crippen LogP contribution in [0, 0.1) is 5.82 Å². The molecule has 5 heteroatoms. The number of hydrogen-bond donors (Lipinski definition) is 1. The van der Waals surface area contributed by atoms with E-state index in [0.717, 1.165) is 56.9 Å². The van der Waals surface area contributed by atoms with E-state index in [1.807, 2.05) is 42.5 Å². The predicted molar refractivity (Wildman–Crippen MR) is 102 cm³/mol. The van der Waals surface area contributed by atoms with E-state index in [1.165, 1.54) is 12.1 Å². The lowest BCUT2D eigenvalue weighted by Gasteiger charge is -2.21. The Morgan fingerprint density at radius 2 is 1.62 bits per heavy atom. The molecule has 1 N–H and O–H groups in total. The fourth-order valence-corrected chi connectivity index (χ4v) is 3.26. The molecule has 0 aromatic heterocycles. The van der Waals surface area contributed by atoms with E-state index in [4.69, 9.17) is 0 Å². The summed E-state index contributed by atoms with van der Waals surface area (Å²) in [4.78, 5) is 16.9. The second-order valence-electron chi connectivity index (χ2n) is 6.76. The molecule has 0 atom stereocenters. The fourth-order valence-electron chi connectivity index (χ4n) is 3.26. The van der Waals surface area contributed by atoms with Crippen LogP contribution in [0.1, 0.15) is 18.4 Å². The van der Waals surface area contributed by atoms with Crippen LogP contribution in [0.15, 0.2) is 54.6 Å². The van der Waals surface area contributed by atoms with Gasteiger partial charge in [0.2, 0.25) is 5.91 Å². The lowest BCUT2D eigenvalue weighted by atomic mass is 10.2. The number of benzene rings is 2. The van der Waals surface area contributed by atoms with E-state index in [-0.39, 0.29) is 11.7 Å². The SMILES string of the molecule is O=C(CCN1CCCN(Cc2ccc(F)cc2)CC1)Nc1ccccc1. The molecule has 2 aromatic rings. The highest BCUT2D eigenvalue weighted by molar-refractivity contribution is 5.90. The first kappa shape index (κ1) is 18.5. The molecule has 1 heterocycles. The van der Waals surface area contributed by atoms with Crippen LogP contribution in [-0.2, 0) is 11.3 Å². The number of hydrogen-bond acceptors (Lipinski definition) is 3. The molecule has 0 unspecified atom stereocenters. The molecule has 1 aliphatic heterocycles. The Balaban J connectivity index is 1.40. The number of anilines is 1. The lowest BCUT2D eigenvalue weighted by Crippen LogP contribution is -2.32. The van der Waals surface area contributed by atoms with E-state index in [9.17, 15) is 9.18 Å². The molecule has 3 rings (SSSR count). The standard InChI is InChI=1S/C21H26FN3O/c22-19-9-7-18(8-10-19)17-25-13-4-12-24(15-16-25)14-11-21(26)23-20-5-2-1-3-6-20/h1-3,5-10H,4,11-17H2,(H,23,26). The number of para-hydroxylation sites is 1. The minimum Gasteiger partial charge on any atom is -0.326 e. The van der Waals surface area contributed by atoms with Crippen LogP contribution in [0.2, 0.25) is 0 Å². The number of carbonyl (C=O) groups is 1. The third-order valence-electron chi connectivity index (χ3n) is 4.71. The number of amides is 1. The van der Waals surface area contributed by atoms with Gasteiger partial charge in [-0.05, 0) is 49.3 Å². The minimum atomic E-state index is -0.190. The van der Waals surface area contributed by atoms with Gasteiger partial charge in [0.25, 0.3) is 0 Å². The van der Waals surface area contributed by atoms with Crippen molar-refractivity contribution >= 4 is 11.6 Å². The molecule has 1 saturated heterocycles. The lowest BCUT2D eigenvalue weighted by molar-refractivity contribution is -0.116. The zero-order chi connectivity index (χ0) is 18.2. The van der Waals surface area contributed by atoms with Crippen LogP contribution in [0.3, 0.4) is 0 Å². The summed E-state index contributed by atoms with van der Waals surface area (Å²) < 4.78 is 13.0. The normalized spacial score (nSPS) is 16.2. The summed E-state index contributed by atoms with van der Waals surface area (Å²) in [7, 11) is 0. The highest BCUT2D eigenvalue weighted by Gasteiger charge is 2.16. The van der Waals surface area contributed by atoms with Crippen molar-refractivity contribution < 1.29 is 9.18 Å². The quantitative estimate of drug-likeness (QED) is 0.863. The molecular weight excluding hydrogens is 329 g/mol. The molecule has 26 heavy (non-hydrogen) atoms. The van der Waals surface area contributed by atoms with E-state index in [1.54, 1.807) is 0 Å². The van der Waals surface area contributed by atoms with E-state index < -0.39 is 0 Å². The van der Waals surface area contributed by atoms with Crippen LogP contribution in [-0.4, -0.2) is 48.4 Å². The average Bonchev–Trinajstić information content (AvgIpc) is 2.88. The largest absolute Gasteiger partial charge is 0.326 e. The van der Waals surface area contributed by atoms with Gasteiger partial charge in [-0.2, -0.15) is 0 Å². The molecule has 0 aliphatic carbocycles. The first-order valence-electron chi connectivity index (χ1n) is 9.23. The van der Waals surface area contributed by atoms with Crippen molar-refractivity contribution in [1.29, 1.82) is 0 Å². The molecule has 0 spiro atoms. The summed E-state index contributed by atoms with van der Waals surface area (Å²) in [6.07, 6.45) is 1.59. The maximum Gasteiger partial charge on any atom is 0.225 e. The highest BCUT2D eigenvalue weighted by atomic mass is 19.1. The zero-order valence-corrected chi connectivity index (χ0v) is 15.0. The van der Waals surface area contributed by atoms with Crippen LogP contribution < -0.4 is 5.32 Å². The van der Waals surface area contributed by atoms with Gasteiger partial charge < -0.3 is 10.2 Å². The summed E-state index contributed by atoms with van der Waals surface area (Å²) in [5.41, 5.74) is 1.99. The molecule has 1 amide bonds. The van der Waals surface area contributed by atoms with E-state index in [0.29, 0.717) is 6.42 Å². The van der Waals surface area contributed by atoms with Crippen molar-refractivity contribution in [3.8, 4) is 0 Å². The monoisotopic (exact) mass is 355 g/mol. The van der Waals surface area contributed by atoms with Crippen molar-refractivity contribution in [2.45, 2.75) is 19.4 Å². The van der Waals surface area contributed by atoms with Crippen LogP contribution >= 0.6 is 0 Å². The van der Waals surface area contributed by atoms with Gasteiger partial charge in [0, 0.05) is 38.3 Å². The Kier molecular flexibility index (Phi) is 6.75. The van der Waals surface area contributed by atoms with Gasteiger partial charge in [-0.3, -0.25) is 9.69 Å². The molecule has 0 radical (unpaired) electrons. The summed E-state index contributed by atoms with van der Waals surface area (Å²) in [6.45, 7) is 5.60. The third kappa shape index (κ3) is 5.93. The number of rotatable bonds is 6. The van der Waals surface area contributed by atoms with Crippen LogP contribution in [0.5, 0.6) is 0 Å². The molecule has 2 aromatic carbocycles. The van der Waals surface area contributed by atoms with Gasteiger partial charge in [-0.1, -0.05) is 30.3 Å². The average molecular weight is 355 g/mol. The molecule has 0 saturated carbocycles. The fraction of sp³-hybridized carbons (Fsp3) is 0.381. The minimum absolute atomic E-state index is 0.0589. The number of nitrogens with zero attached hydrogens (tertiary/aromatic N) is 2. The number of carbonyl (C=O) groups excluding carboxylic acids is 1. The maximum atomic E-state index is 13.0. The van der Waals surface area contributed by atoms with Gasteiger partial charge in [0.05, 0.1) is 0 Å². The van der Waals surface area contributed by atoms with Crippen LogP contribution in [0.25, 0.3) is 0 Å². The smallest absolute Gasteiger partial charge is 0.225 e. The molecule has 1 fully saturated rings. The summed E-state index contributed by atoms with van der Waals surface area (Å²) >= 11 is 0. The Hall–Kier alpha value is -2.24. The summed E-state index contributed by atoms with van der Waals surface area (Å²) in [5, 5.41) is 2.94. The molecule has 1 aliphatic rings. The van der Waals surface area contributed by atoms with Gasteiger partial charge in [-0.15, -0.1) is 0 Å². The molecule has 0 bridgehead atoms. The topological polar surface area (TPSA) is 35.6 Å². The van der Waals surface area contributed by atoms with Gasteiger partial charge in [0.15, 0.2) is 0 Å². The number of nitrogens with one attached hydrogen (secondary N) is 1. The van der Waals surface area contributed by atoms with Crippen LogP contribution in [0.4, 0.5) is 10.1 Å². The molecule has 4 nitrogen and oxygen atoms in total. The Bertz CT molecular complexity index is 690. The zero-order valence-electron chi connectivity index (χ0n) is 15.0. The first-order valence-corrected chi connectivity index (χ1v) is 9.23. The maximum absolute atomic E-state index is 13.0. The van der Waals surface area contributed by atoms with E-state index >= 15 is 0 Å². The summed E-state index contributed by atoms with van der Waals surface area (Å²) in [6, 6.07) is 16.3. The second kappa shape index (κ2) is 9.46.